The minimum absolute atomic E-state index is 0.943. The summed E-state index contributed by atoms with van der Waals surface area (Å²) in [5, 5.41) is 0. The third-order valence-corrected chi connectivity index (χ3v) is 4.71. The highest BCUT2D eigenvalue weighted by Crippen LogP contribution is 2.47. The molecule has 0 heteroatoms. The van der Waals surface area contributed by atoms with E-state index in [1.165, 1.54) is 51.4 Å². The molecular formula is C15H26. The molecule has 0 amide bonds. The standard InChI is InChI=1S/C15H26/c1-3-14-12-9-7-5-6-8-10-13(11-12)15(14)4-2/h3,12-13,15H,4-11H2,1-2H3/b14-3-/t12?,13-,15?/m0/s1. The summed E-state index contributed by atoms with van der Waals surface area (Å²) in [6.45, 7) is 4.65. The number of allylic oxidation sites excluding steroid dienone is 2. The average molecular weight is 206 g/mol. The summed E-state index contributed by atoms with van der Waals surface area (Å²) >= 11 is 0. The SMILES string of the molecule is C/C=C1/C2CCCCCC[C@@H](C2)C1CC. The zero-order valence-electron chi connectivity index (χ0n) is 10.5. The van der Waals surface area contributed by atoms with Crippen molar-refractivity contribution in [1.29, 1.82) is 0 Å². The number of hydrogen-bond acceptors (Lipinski definition) is 0. The molecule has 3 atom stereocenters. The van der Waals surface area contributed by atoms with Crippen LogP contribution < -0.4 is 0 Å². The highest BCUT2D eigenvalue weighted by atomic mass is 14.4. The third-order valence-electron chi connectivity index (χ3n) is 4.71. The van der Waals surface area contributed by atoms with Gasteiger partial charge in [0.25, 0.3) is 0 Å². The highest BCUT2D eigenvalue weighted by molar-refractivity contribution is 5.17. The van der Waals surface area contributed by atoms with Crippen molar-refractivity contribution in [3.05, 3.63) is 11.6 Å². The molecule has 0 aromatic carbocycles. The van der Waals surface area contributed by atoms with Crippen LogP contribution in [0.1, 0.15) is 65.2 Å². The highest BCUT2D eigenvalue weighted by Gasteiger charge is 2.36. The largest absolute Gasteiger partial charge is 0.0879 e. The molecule has 2 unspecified atom stereocenters. The van der Waals surface area contributed by atoms with Crippen LogP contribution in [0.3, 0.4) is 0 Å². The smallest absolute Gasteiger partial charge is 0.0175 e. The van der Waals surface area contributed by atoms with Crippen molar-refractivity contribution in [2.24, 2.45) is 17.8 Å². The van der Waals surface area contributed by atoms with E-state index in [1.54, 1.807) is 0 Å². The Balaban J connectivity index is 2.13. The second-order valence-electron chi connectivity index (χ2n) is 5.49. The molecule has 2 aliphatic rings. The van der Waals surface area contributed by atoms with Crippen molar-refractivity contribution in [2.45, 2.75) is 65.2 Å². The van der Waals surface area contributed by atoms with Crippen LogP contribution in [0, 0.1) is 17.8 Å². The monoisotopic (exact) mass is 206 g/mol. The van der Waals surface area contributed by atoms with Gasteiger partial charge in [0.2, 0.25) is 0 Å². The lowest BCUT2D eigenvalue weighted by molar-refractivity contribution is 0.367. The second-order valence-corrected chi connectivity index (χ2v) is 5.49. The van der Waals surface area contributed by atoms with Crippen molar-refractivity contribution in [1.82, 2.24) is 0 Å². The Morgan fingerprint density at radius 2 is 1.87 bits per heavy atom. The molecule has 0 radical (unpaired) electrons. The van der Waals surface area contributed by atoms with Gasteiger partial charge in [-0.3, -0.25) is 0 Å². The predicted octanol–water partition coefficient (Wildman–Crippen LogP) is 4.95. The maximum atomic E-state index is 2.44. The average Bonchev–Trinajstić information content (AvgIpc) is 2.65. The molecule has 2 fully saturated rings. The first-order valence-electron chi connectivity index (χ1n) is 7.03. The van der Waals surface area contributed by atoms with Crippen LogP contribution in [-0.2, 0) is 0 Å². The first kappa shape index (κ1) is 11.2. The lowest BCUT2D eigenvalue weighted by atomic mass is 9.85. The predicted molar refractivity (Wildman–Crippen MR) is 66.8 cm³/mol. The van der Waals surface area contributed by atoms with Crippen LogP contribution in [0.5, 0.6) is 0 Å². The van der Waals surface area contributed by atoms with Crippen molar-refractivity contribution in [3.8, 4) is 0 Å². The summed E-state index contributed by atoms with van der Waals surface area (Å²) in [6, 6.07) is 0. The fourth-order valence-electron chi connectivity index (χ4n) is 4.01. The third kappa shape index (κ3) is 2.29. The van der Waals surface area contributed by atoms with Gasteiger partial charge in [-0.15, -0.1) is 0 Å². The molecule has 0 heterocycles. The van der Waals surface area contributed by atoms with Crippen LogP contribution >= 0.6 is 0 Å². The second kappa shape index (κ2) is 5.18. The lowest BCUT2D eigenvalue weighted by Crippen LogP contribution is -2.08. The Morgan fingerprint density at radius 3 is 2.53 bits per heavy atom. The maximum absolute atomic E-state index is 2.44. The molecule has 15 heavy (non-hydrogen) atoms. The zero-order chi connectivity index (χ0) is 10.7. The van der Waals surface area contributed by atoms with Crippen molar-refractivity contribution in [3.63, 3.8) is 0 Å². The topological polar surface area (TPSA) is 0 Å². The van der Waals surface area contributed by atoms with Gasteiger partial charge >= 0.3 is 0 Å². The minimum atomic E-state index is 0.943. The summed E-state index contributed by atoms with van der Waals surface area (Å²) in [6.07, 6.45) is 14.3. The molecule has 0 aliphatic heterocycles. The maximum Gasteiger partial charge on any atom is -0.0175 e. The van der Waals surface area contributed by atoms with Gasteiger partial charge in [0, 0.05) is 0 Å². The molecular weight excluding hydrogens is 180 g/mol. The van der Waals surface area contributed by atoms with E-state index in [1.807, 2.05) is 5.57 Å². The number of rotatable bonds is 1. The quantitative estimate of drug-likeness (QED) is 0.532. The Bertz CT molecular complexity index is 226. The zero-order valence-corrected chi connectivity index (χ0v) is 10.5. The van der Waals surface area contributed by atoms with Gasteiger partial charge in [-0.1, -0.05) is 44.3 Å². The molecule has 0 aromatic rings. The fourth-order valence-corrected chi connectivity index (χ4v) is 4.01. The van der Waals surface area contributed by atoms with Gasteiger partial charge in [-0.2, -0.15) is 0 Å². The Morgan fingerprint density at radius 1 is 1.13 bits per heavy atom. The number of hydrogen-bond donors (Lipinski definition) is 0. The molecule has 0 spiro atoms. The molecule has 0 saturated heterocycles. The van der Waals surface area contributed by atoms with Gasteiger partial charge in [0.15, 0.2) is 0 Å². The fraction of sp³-hybridized carbons (Fsp3) is 0.867. The molecule has 2 aliphatic carbocycles. The summed E-state index contributed by atoms with van der Waals surface area (Å²) in [5.74, 6) is 2.94. The Hall–Kier alpha value is -0.260. The first-order chi connectivity index (χ1) is 7.36. The van der Waals surface area contributed by atoms with Gasteiger partial charge in [0.1, 0.15) is 0 Å². The van der Waals surface area contributed by atoms with E-state index >= 15 is 0 Å². The first-order valence-corrected chi connectivity index (χ1v) is 7.03. The number of fused-ring (bicyclic) bond motifs is 2. The summed E-state index contributed by atoms with van der Waals surface area (Å²) in [4.78, 5) is 0. The summed E-state index contributed by atoms with van der Waals surface area (Å²) in [7, 11) is 0. The van der Waals surface area contributed by atoms with Crippen LogP contribution in [-0.4, -0.2) is 0 Å². The van der Waals surface area contributed by atoms with E-state index in [0.717, 1.165) is 17.8 Å². The van der Waals surface area contributed by atoms with Gasteiger partial charge in [-0.25, -0.2) is 0 Å². The molecule has 86 valence electrons. The summed E-state index contributed by atoms with van der Waals surface area (Å²) < 4.78 is 0. The van der Waals surface area contributed by atoms with E-state index in [4.69, 9.17) is 0 Å². The van der Waals surface area contributed by atoms with Crippen LogP contribution in [0.4, 0.5) is 0 Å². The van der Waals surface area contributed by atoms with Crippen molar-refractivity contribution >= 4 is 0 Å². The molecule has 0 N–H and O–H groups in total. The molecule has 2 saturated carbocycles. The normalized spacial score (nSPS) is 39.9. The van der Waals surface area contributed by atoms with E-state index in [0.29, 0.717) is 0 Å². The Kier molecular flexibility index (Phi) is 3.88. The molecule has 0 nitrogen and oxygen atoms in total. The minimum Gasteiger partial charge on any atom is -0.0879 e. The molecule has 0 aromatic heterocycles. The lowest BCUT2D eigenvalue weighted by Gasteiger charge is -2.20. The van der Waals surface area contributed by atoms with Crippen LogP contribution in [0.25, 0.3) is 0 Å². The van der Waals surface area contributed by atoms with Gasteiger partial charge < -0.3 is 0 Å². The van der Waals surface area contributed by atoms with E-state index < -0.39 is 0 Å². The summed E-state index contributed by atoms with van der Waals surface area (Å²) in [5.41, 5.74) is 1.82. The molecule has 2 bridgehead atoms. The van der Waals surface area contributed by atoms with E-state index in [-0.39, 0.29) is 0 Å². The van der Waals surface area contributed by atoms with Crippen LogP contribution in [0.2, 0.25) is 0 Å². The van der Waals surface area contributed by atoms with Crippen LogP contribution in [0.15, 0.2) is 11.6 Å². The van der Waals surface area contributed by atoms with Crippen molar-refractivity contribution < 1.29 is 0 Å². The molecule has 2 rings (SSSR count). The van der Waals surface area contributed by atoms with Crippen molar-refractivity contribution in [2.75, 3.05) is 0 Å². The van der Waals surface area contributed by atoms with Gasteiger partial charge in [-0.05, 0) is 50.4 Å². The van der Waals surface area contributed by atoms with Gasteiger partial charge in [0.05, 0.1) is 0 Å². The van der Waals surface area contributed by atoms with E-state index in [2.05, 4.69) is 19.9 Å². The Labute approximate surface area is 95.1 Å². The van der Waals surface area contributed by atoms with E-state index in [9.17, 15) is 0 Å².